The van der Waals surface area contributed by atoms with Crippen molar-refractivity contribution in [1.82, 2.24) is 0 Å². The zero-order chi connectivity index (χ0) is 18.3. The number of para-hydroxylation sites is 1. The Bertz CT molecular complexity index is 714. The number of hydrogen-bond acceptors (Lipinski definition) is 3. The van der Waals surface area contributed by atoms with E-state index in [-0.39, 0.29) is 18.9 Å². The third kappa shape index (κ3) is 5.81. The third-order valence-electron chi connectivity index (χ3n) is 3.66. The summed E-state index contributed by atoms with van der Waals surface area (Å²) in [5.41, 5.74) is 1.59. The van der Waals surface area contributed by atoms with Crippen LogP contribution in [0.3, 0.4) is 0 Å². The zero-order valence-electron chi connectivity index (χ0n) is 13.9. The second-order valence-electron chi connectivity index (χ2n) is 5.51. The Labute approximate surface area is 144 Å². The van der Waals surface area contributed by atoms with Crippen LogP contribution in [0.1, 0.15) is 30.0 Å². The summed E-state index contributed by atoms with van der Waals surface area (Å²) in [4.78, 5) is 11.5. The predicted octanol–water partition coefficient (Wildman–Crippen LogP) is 4.81. The monoisotopic (exact) mass is 351 g/mol. The van der Waals surface area contributed by atoms with E-state index in [1.54, 1.807) is 13.0 Å². The molecule has 2 aromatic rings. The van der Waals surface area contributed by atoms with Gasteiger partial charge in [-0.25, -0.2) is 0 Å². The molecule has 0 unspecified atom stereocenters. The quantitative estimate of drug-likeness (QED) is 0.727. The van der Waals surface area contributed by atoms with Crippen LogP contribution < -0.4 is 5.32 Å². The van der Waals surface area contributed by atoms with Crippen molar-refractivity contribution < 1.29 is 22.7 Å². The molecule has 0 aliphatic rings. The van der Waals surface area contributed by atoms with Crippen LogP contribution in [0.5, 0.6) is 0 Å². The smallest absolute Gasteiger partial charge is 0.416 e. The van der Waals surface area contributed by atoms with Gasteiger partial charge in [0.1, 0.15) is 0 Å². The Morgan fingerprint density at radius 2 is 1.88 bits per heavy atom. The molecule has 2 rings (SSSR count). The molecule has 134 valence electrons. The van der Waals surface area contributed by atoms with Crippen LogP contribution in [0.15, 0.2) is 48.5 Å². The van der Waals surface area contributed by atoms with E-state index in [0.717, 1.165) is 23.4 Å². The van der Waals surface area contributed by atoms with Crippen molar-refractivity contribution in [1.29, 1.82) is 0 Å². The Hall–Kier alpha value is -2.50. The number of rotatable bonds is 7. The van der Waals surface area contributed by atoms with Crippen molar-refractivity contribution in [2.45, 2.75) is 32.5 Å². The van der Waals surface area contributed by atoms with E-state index in [2.05, 4.69) is 5.32 Å². The maximum Gasteiger partial charge on any atom is 0.416 e. The van der Waals surface area contributed by atoms with Crippen molar-refractivity contribution >= 4 is 11.7 Å². The zero-order valence-corrected chi connectivity index (χ0v) is 13.9. The number of anilines is 1. The van der Waals surface area contributed by atoms with E-state index in [4.69, 9.17) is 4.74 Å². The maximum absolute atomic E-state index is 12.8. The molecule has 0 heterocycles. The lowest BCUT2D eigenvalue weighted by molar-refractivity contribution is -0.143. The van der Waals surface area contributed by atoms with Gasteiger partial charge in [0.25, 0.3) is 0 Å². The molecule has 0 amide bonds. The number of esters is 1. The van der Waals surface area contributed by atoms with Crippen molar-refractivity contribution in [3.05, 3.63) is 65.2 Å². The summed E-state index contributed by atoms with van der Waals surface area (Å²) < 4.78 is 43.2. The van der Waals surface area contributed by atoms with Crippen molar-refractivity contribution in [3.63, 3.8) is 0 Å². The summed E-state index contributed by atoms with van der Waals surface area (Å²) >= 11 is 0. The van der Waals surface area contributed by atoms with E-state index in [9.17, 15) is 18.0 Å². The van der Waals surface area contributed by atoms with Gasteiger partial charge in [0.2, 0.25) is 0 Å². The lowest BCUT2D eigenvalue weighted by Gasteiger charge is -2.13. The first-order chi connectivity index (χ1) is 11.9. The number of halogens is 3. The largest absolute Gasteiger partial charge is 0.466 e. The van der Waals surface area contributed by atoms with Gasteiger partial charge in [0.15, 0.2) is 0 Å². The summed E-state index contributed by atoms with van der Waals surface area (Å²) in [6.07, 6.45) is -3.59. The van der Waals surface area contributed by atoms with Crippen LogP contribution in [0.2, 0.25) is 0 Å². The molecule has 0 spiro atoms. The molecular weight excluding hydrogens is 331 g/mol. The first-order valence-electron chi connectivity index (χ1n) is 8.03. The van der Waals surface area contributed by atoms with Crippen LogP contribution >= 0.6 is 0 Å². The van der Waals surface area contributed by atoms with Crippen LogP contribution in [0.25, 0.3) is 0 Å². The fraction of sp³-hybridized carbons (Fsp3) is 0.316. The molecule has 0 aliphatic carbocycles. The summed E-state index contributed by atoms with van der Waals surface area (Å²) in [5.74, 6) is -0.268. The SMILES string of the molecule is CCOC(=O)CCc1ccccc1NCc1cccc(C(F)(F)F)c1. The average Bonchev–Trinajstić information content (AvgIpc) is 2.58. The topological polar surface area (TPSA) is 38.3 Å². The van der Waals surface area contributed by atoms with E-state index in [1.165, 1.54) is 6.07 Å². The molecule has 25 heavy (non-hydrogen) atoms. The molecule has 2 aromatic carbocycles. The predicted molar refractivity (Wildman–Crippen MR) is 90.2 cm³/mol. The van der Waals surface area contributed by atoms with Gasteiger partial charge in [-0.3, -0.25) is 4.79 Å². The highest BCUT2D eigenvalue weighted by Gasteiger charge is 2.30. The van der Waals surface area contributed by atoms with E-state index in [0.29, 0.717) is 18.6 Å². The first-order valence-corrected chi connectivity index (χ1v) is 8.03. The van der Waals surface area contributed by atoms with Crippen molar-refractivity contribution in [2.75, 3.05) is 11.9 Å². The summed E-state index contributed by atoms with van der Waals surface area (Å²) in [7, 11) is 0. The summed E-state index contributed by atoms with van der Waals surface area (Å²) in [6, 6.07) is 12.6. The van der Waals surface area contributed by atoms with Gasteiger partial charge in [0, 0.05) is 18.7 Å². The normalized spacial score (nSPS) is 11.2. The van der Waals surface area contributed by atoms with Crippen LogP contribution in [0.4, 0.5) is 18.9 Å². The number of ether oxygens (including phenoxy) is 1. The van der Waals surface area contributed by atoms with E-state index < -0.39 is 11.7 Å². The van der Waals surface area contributed by atoms with Crippen LogP contribution in [0, 0.1) is 0 Å². The van der Waals surface area contributed by atoms with E-state index in [1.807, 2.05) is 24.3 Å². The Balaban J connectivity index is 2.02. The highest BCUT2D eigenvalue weighted by Crippen LogP contribution is 2.29. The van der Waals surface area contributed by atoms with Crippen molar-refractivity contribution in [2.24, 2.45) is 0 Å². The first kappa shape index (κ1) is 18.8. The summed E-state index contributed by atoms with van der Waals surface area (Å²) in [5, 5.41) is 3.14. The highest BCUT2D eigenvalue weighted by molar-refractivity contribution is 5.70. The van der Waals surface area contributed by atoms with Gasteiger partial charge in [-0.1, -0.05) is 30.3 Å². The molecule has 0 saturated carbocycles. The Morgan fingerprint density at radius 1 is 1.12 bits per heavy atom. The Morgan fingerprint density at radius 3 is 2.60 bits per heavy atom. The van der Waals surface area contributed by atoms with Crippen LogP contribution in [-0.2, 0) is 28.7 Å². The second-order valence-corrected chi connectivity index (χ2v) is 5.51. The highest BCUT2D eigenvalue weighted by atomic mass is 19.4. The molecule has 0 radical (unpaired) electrons. The number of carbonyl (C=O) groups excluding carboxylic acids is 1. The minimum absolute atomic E-state index is 0.260. The molecule has 1 N–H and O–H groups in total. The third-order valence-corrected chi connectivity index (χ3v) is 3.66. The van der Waals surface area contributed by atoms with E-state index >= 15 is 0 Å². The molecule has 0 bridgehead atoms. The van der Waals surface area contributed by atoms with Gasteiger partial charge < -0.3 is 10.1 Å². The minimum Gasteiger partial charge on any atom is -0.466 e. The molecule has 0 aromatic heterocycles. The maximum atomic E-state index is 12.8. The van der Waals surface area contributed by atoms with Gasteiger partial charge in [0.05, 0.1) is 12.2 Å². The van der Waals surface area contributed by atoms with Crippen molar-refractivity contribution in [3.8, 4) is 0 Å². The standard InChI is InChI=1S/C19H20F3NO2/c1-2-25-18(24)11-10-15-7-3-4-9-17(15)23-13-14-6-5-8-16(12-14)19(20,21)22/h3-9,12,23H,2,10-11,13H2,1H3. The number of alkyl halides is 3. The number of carbonyl (C=O) groups is 1. The number of nitrogens with one attached hydrogen (secondary N) is 1. The second kappa shape index (κ2) is 8.55. The van der Waals surface area contributed by atoms with Crippen LogP contribution in [-0.4, -0.2) is 12.6 Å². The fourth-order valence-corrected chi connectivity index (χ4v) is 2.44. The van der Waals surface area contributed by atoms with Gasteiger partial charge in [-0.05, 0) is 42.7 Å². The van der Waals surface area contributed by atoms with Gasteiger partial charge in [-0.15, -0.1) is 0 Å². The number of hydrogen-bond donors (Lipinski definition) is 1. The molecule has 0 atom stereocenters. The lowest BCUT2D eigenvalue weighted by Crippen LogP contribution is -2.08. The lowest BCUT2D eigenvalue weighted by atomic mass is 10.1. The van der Waals surface area contributed by atoms with Gasteiger partial charge in [-0.2, -0.15) is 13.2 Å². The molecule has 6 heteroatoms. The molecule has 0 saturated heterocycles. The molecule has 3 nitrogen and oxygen atoms in total. The summed E-state index contributed by atoms with van der Waals surface area (Å²) in [6.45, 7) is 2.36. The number of benzene rings is 2. The number of aryl methyl sites for hydroxylation is 1. The van der Waals surface area contributed by atoms with Gasteiger partial charge >= 0.3 is 12.1 Å². The Kier molecular flexibility index (Phi) is 6.44. The molecular formula is C19H20F3NO2. The fourth-order valence-electron chi connectivity index (χ4n) is 2.44. The molecule has 0 fully saturated rings. The molecule has 0 aliphatic heterocycles. The minimum atomic E-state index is -4.35. The average molecular weight is 351 g/mol.